The van der Waals surface area contributed by atoms with Crippen LogP contribution < -0.4 is 0 Å². The van der Waals surface area contributed by atoms with Gasteiger partial charge in [0.25, 0.3) is 0 Å². The van der Waals surface area contributed by atoms with Crippen LogP contribution in [0.15, 0.2) is 23.3 Å². The number of esters is 2. The van der Waals surface area contributed by atoms with Gasteiger partial charge in [0.05, 0.1) is 10.8 Å². The van der Waals surface area contributed by atoms with Crippen LogP contribution in [0.4, 0.5) is 0 Å². The van der Waals surface area contributed by atoms with Gasteiger partial charge in [-0.1, -0.05) is 32.9 Å². The Hall–Kier alpha value is -2.03. The summed E-state index contributed by atoms with van der Waals surface area (Å²) in [5.41, 5.74) is -5.60. The van der Waals surface area contributed by atoms with E-state index in [1.165, 1.54) is 6.92 Å². The molecule has 0 aromatic heterocycles. The molecule has 0 aromatic rings. The third kappa shape index (κ3) is 3.12. The second-order valence-corrected chi connectivity index (χ2v) is 12.6. The number of ether oxygens (including phenoxy) is 2. The SMILES string of the molecule is CC(=O)O[C@@]12C[C@@H](C)[C@]34C=C(C)[C@H](O)[C@@]3(O)[C@H](O)C(COC(=O)C(C)(C)C)=C[C@H](C4=O)[C@@H]1C2(C)C. The van der Waals surface area contributed by atoms with E-state index < -0.39 is 69.3 Å². The Balaban J connectivity index is 1.90. The molecule has 0 aliphatic heterocycles. The minimum absolute atomic E-state index is 0.154. The molecule has 2 bridgehead atoms. The number of hydrogen-bond donors (Lipinski definition) is 3. The van der Waals surface area contributed by atoms with Crippen LogP contribution in [0.2, 0.25) is 0 Å². The topological polar surface area (TPSA) is 130 Å². The highest BCUT2D eigenvalue weighted by molar-refractivity contribution is 5.96. The van der Waals surface area contributed by atoms with Gasteiger partial charge in [0.2, 0.25) is 0 Å². The maximum Gasteiger partial charge on any atom is 0.311 e. The van der Waals surface area contributed by atoms with Crippen LogP contribution in [0.3, 0.4) is 0 Å². The molecule has 4 aliphatic carbocycles. The molecule has 0 heterocycles. The van der Waals surface area contributed by atoms with Gasteiger partial charge in [0.1, 0.15) is 30.0 Å². The summed E-state index contributed by atoms with van der Waals surface area (Å²) in [5.74, 6) is -3.08. The molecule has 8 atom stereocenters. The van der Waals surface area contributed by atoms with E-state index in [0.29, 0.717) is 12.0 Å². The first-order valence-corrected chi connectivity index (χ1v) is 12.3. The highest BCUT2D eigenvalue weighted by atomic mass is 16.6. The van der Waals surface area contributed by atoms with Crippen molar-refractivity contribution in [3.05, 3.63) is 23.3 Å². The fourth-order valence-corrected chi connectivity index (χ4v) is 7.34. The first-order valence-electron chi connectivity index (χ1n) is 12.3. The smallest absolute Gasteiger partial charge is 0.311 e. The highest BCUT2D eigenvalue weighted by Crippen LogP contribution is 2.75. The lowest BCUT2D eigenvalue weighted by molar-refractivity contribution is -0.192. The maximum atomic E-state index is 14.4. The van der Waals surface area contributed by atoms with Crippen molar-refractivity contribution >= 4 is 17.7 Å². The predicted molar refractivity (Wildman–Crippen MR) is 126 cm³/mol. The Morgan fingerprint density at radius 2 is 1.77 bits per heavy atom. The van der Waals surface area contributed by atoms with Crippen molar-refractivity contribution in [1.29, 1.82) is 0 Å². The molecule has 35 heavy (non-hydrogen) atoms. The van der Waals surface area contributed by atoms with Gasteiger partial charge in [-0.3, -0.25) is 14.4 Å². The third-order valence-corrected chi connectivity index (χ3v) is 9.18. The standard InChI is InChI=1S/C27H38O8/c1-13-10-25-14(2)11-26(35-15(3)28)18(24(26,7)8)17(21(25)31)9-16(12-34-22(32)23(4,5)6)20(30)27(25,33)19(13)29/h9-10,14,17-20,29-30,33H,11-12H2,1-8H3/t14-,17+,18-,19+,20-,25+,26+,27-/m1/s1. The first-order chi connectivity index (χ1) is 15.9. The number of aliphatic hydroxyl groups excluding tert-OH is 2. The van der Waals surface area contributed by atoms with E-state index in [1.807, 2.05) is 13.8 Å². The molecular formula is C27H38O8. The molecule has 4 rings (SSSR count). The monoisotopic (exact) mass is 490 g/mol. The van der Waals surface area contributed by atoms with Crippen molar-refractivity contribution in [3.63, 3.8) is 0 Å². The first kappa shape index (κ1) is 26.0. The minimum atomic E-state index is -2.26. The number of rotatable bonds is 3. The molecule has 0 amide bonds. The normalized spacial score (nSPS) is 43.6. The summed E-state index contributed by atoms with van der Waals surface area (Å²) in [6.45, 7) is 13.4. The molecule has 8 nitrogen and oxygen atoms in total. The van der Waals surface area contributed by atoms with Crippen LogP contribution in [-0.2, 0) is 23.9 Å². The lowest BCUT2D eigenvalue weighted by Gasteiger charge is -2.48. The molecule has 1 spiro atoms. The number of ketones is 1. The van der Waals surface area contributed by atoms with Crippen LogP contribution >= 0.6 is 0 Å². The second kappa shape index (κ2) is 7.49. The zero-order valence-electron chi connectivity index (χ0n) is 21.8. The molecule has 8 heteroatoms. The van der Waals surface area contributed by atoms with Gasteiger partial charge in [0.15, 0.2) is 5.78 Å². The molecule has 2 fully saturated rings. The third-order valence-electron chi connectivity index (χ3n) is 9.18. The largest absolute Gasteiger partial charge is 0.461 e. The zero-order chi connectivity index (χ0) is 26.5. The number of fused-ring (bicyclic) bond motifs is 3. The molecule has 3 N–H and O–H groups in total. The predicted octanol–water partition coefficient (Wildman–Crippen LogP) is 2.10. The quantitative estimate of drug-likeness (QED) is 0.405. The number of allylic oxidation sites excluding steroid dienone is 1. The Morgan fingerprint density at radius 3 is 2.31 bits per heavy atom. The van der Waals surface area contributed by atoms with Gasteiger partial charge in [0, 0.05) is 24.2 Å². The Morgan fingerprint density at radius 1 is 1.17 bits per heavy atom. The van der Waals surface area contributed by atoms with Crippen LogP contribution in [0.1, 0.15) is 61.8 Å². The molecule has 4 aliphatic rings. The fourth-order valence-electron chi connectivity index (χ4n) is 7.34. The minimum Gasteiger partial charge on any atom is -0.461 e. The Labute approximate surface area is 206 Å². The average molecular weight is 491 g/mol. The number of hydrogen-bond acceptors (Lipinski definition) is 8. The van der Waals surface area contributed by atoms with E-state index in [0.717, 1.165) is 0 Å². The summed E-state index contributed by atoms with van der Waals surface area (Å²) in [6.07, 6.45) is 0.306. The van der Waals surface area contributed by atoms with Gasteiger partial charge >= 0.3 is 11.9 Å². The summed E-state index contributed by atoms with van der Waals surface area (Å²) in [5, 5.41) is 34.8. The number of carbonyl (C=O) groups excluding carboxylic acids is 3. The van der Waals surface area contributed by atoms with E-state index in [1.54, 1.807) is 46.8 Å². The van der Waals surface area contributed by atoms with Gasteiger partial charge in [-0.2, -0.15) is 0 Å². The number of Topliss-reactive ketones (excluding diaryl/α,β-unsaturated/α-hetero) is 1. The molecule has 0 aromatic carbocycles. The van der Waals surface area contributed by atoms with Crippen molar-refractivity contribution in [1.82, 2.24) is 0 Å². The van der Waals surface area contributed by atoms with Crippen LogP contribution in [0.5, 0.6) is 0 Å². The van der Waals surface area contributed by atoms with E-state index in [2.05, 4.69) is 0 Å². The van der Waals surface area contributed by atoms with Crippen LogP contribution in [0, 0.1) is 34.0 Å². The summed E-state index contributed by atoms with van der Waals surface area (Å²) in [6, 6.07) is 0. The van der Waals surface area contributed by atoms with E-state index in [9.17, 15) is 29.7 Å². The molecule has 2 saturated carbocycles. The lowest BCUT2D eigenvalue weighted by atomic mass is 9.59. The van der Waals surface area contributed by atoms with Crippen molar-refractivity contribution in [2.75, 3.05) is 6.61 Å². The lowest BCUT2D eigenvalue weighted by Crippen LogP contribution is -2.65. The summed E-state index contributed by atoms with van der Waals surface area (Å²) in [4.78, 5) is 39.0. The van der Waals surface area contributed by atoms with E-state index in [4.69, 9.17) is 9.47 Å². The van der Waals surface area contributed by atoms with Crippen molar-refractivity contribution in [2.24, 2.45) is 34.0 Å². The van der Waals surface area contributed by atoms with Crippen LogP contribution in [0.25, 0.3) is 0 Å². The van der Waals surface area contributed by atoms with E-state index >= 15 is 0 Å². The van der Waals surface area contributed by atoms with Crippen LogP contribution in [-0.4, -0.2) is 63.1 Å². The molecular weight excluding hydrogens is 452 g/mol. The number of aliphatic hydroxyl groups is 3. The molecule has 194 valence electrons. The molecule has 0 radical (unpaired) electrons. The van der Waals surface area contributed by atoms with E-state index in [-0.39, 0.29) is 18.0 Å². The number of carbonyl (C=O) groups is 3. The maximum absolute atomic E-state index is 14.4. The zero-order valence-corrected chi connectivity index (χ0v) is 21.8. The molecule has 0 unspecified atom stereocenters. The second-order valence-electron chi connectivity index (χ2n) is 12.6. The average Bonchev–Trinajstić information content (AvgIpc) is 3.13. The van der Waals surface area contributed by atoms with Crippen molar-refractivity contribution in [2.45, 2.75) is 85.2 Å². The Kier molecular flexibility index (Phi) is 5.58. The molecule has 0 saturated heterocycles. The van der Waals surface area contributed by atoms with Crippen molar-refractivity contribution in [3.8, 4) is 0 Å². The van der Waals surface area contributed by atoms with Gasteiger partial charge in [-0.25, -0.2) is 0 Å². The van der Waals surface area contributed by atoms with Gasteiger partial charge in [-0.05, 0) is 51.2 Å². The van der Waals surface area contributed by atoms with Gasteiger partial charge in [-0.15, -0.1) is 0 Å². The fraction of sp³-hybridized carbons (Fsp3) is 0.741. The van der Waals surface area contributed by atoms with Gasteiger partial charge < -0.3 is 24.8 Å². The summed E-state index contributed by atoms with van der Waals surface area (Å²) >= 11 is 0. The summed E-state index contributed by atoms with van der Waals surface area (Å²) < 4.78 is 11.4. The Bertz CT molecular complexity index is 1050. The van der Waals surface area contributed by atoms with Crippen molar-refractivity contribution < 1.29 is 39.2 Å². The summed E-state index contributed by atoms with van der Waals surface area (Å²) in [7, 11) is 0. The highest BCUT2D eigenvalue weighted by Gasteiger charge is 2.83.